The van der Waals surface area contributed by atoms with Gasteiger partial charge in [-0.1, -0.05) is 24.3 Å². The minimum absolute atomic E-state index is 0. The zero-order valence-corrected chi connectivity index (χ0v) is 20.5. The Labute approximate surface area is 195 Å². The summed E-state index contributed by atoms with van der Waals surface area (Å²) in [7, 11) is 3.46. The molecule has 0 aliphatic heterocycles. The van der Waals surface area contributed by atoms with Gasteiger partial charge in [0, 0.05) is 25.8 Å². The molecule has 0 saturated carbocycles. The molecule has 7 heteroatoms. The molecule has 2 N–H and O–H groups in total. The molecule has 0 fully saturated rings. The molecule has 1 heterocycles. The Bertz CT molecular complexity index is 1010. The summed E-state index contributed by atoms with van der Waals surface area (Å²) in [6.07, 6.45) is 0. The summed E-state index contributed by atoms with van der Waals surface area (Å²) in [4.78, 5) is 4.35. The van der Waals surface area contributed by atoms with Gasteiger partial charge in [-0.2, -0.15) is 5.10 Å². The number of hydrogen-bond acceptors (Lipinski definition) is 3. The topological polar surface area (TPSA) is 63.5 Å². The van der Waals surface area contributed by atoms with E-state index in [1.165, 1.54) is 5.56 Å². The zero-order chi connectivity index (χ0) is 20.8. The third-order valence-corrected chi connectivity index (χ3v) is 4.71. The van der Waals surface area contributed by atoms with Crippen LogP contribution in [0.3, 0.4) is 0 Å². The smallest absolute Gasteiger partial charge is 0.191 e. The van der Waals surface area contributed by atoms with E-state index >= 15 is 0 Å². The zero-order valence-electron chi connectivity index (χ0n) is 18.2. The van der Waals surface area contributed by atoms with Crippen LogP contribution in [-0.2, 0) is 13.1 Å². The molecule has 1 aromatic heterocycles. The van der Waals surface area contributed by atoms with Crippen molar-refractivity contribution in [1.29, 1.82) is 0 Å². The van der Waals surface area contributed by atoms with Gasteiger partial charge in [0.1, 0.15) is 5.75 Å². The van der Waals surface area contributed by atoms with Gasteiger partial charge in [0.25, 0.3) is 0 Å². The van der Waals surface area contributed by atoms with Crippen LogP contribution in [0.5, 0.6) is 5.75 Å². The molecule has 2 aromatic carbocycles. The largest absolute Gasteiger partial charge is 0.497 e. The number of halogens is 1. The molecular weight excluding hydrogens is 489 g/mol. The second kappa shape index (κ2) is 11.0. The summed E-state index contributed by atoms with van der Waals surface area (Å²) in [5, 5.41) is 11.4. The molecule has 160 valence electrons. The minimum Gasteiger partial charge on any atom is -0.497 e. The molecule has 0 spiro atoms. The molecule has 0 aliphatic carbocycles. The van der Waals surface area contributed by atoms with E-state index in [1.807, 2.05) is 35.9 Å². The van der Waals surface area contributed by atoms with E-state index in [-0.39, 0.29) is 24.0 Å². The fourth-order valence-corrected chi connectivity index (χ4v) is 3.37. The first-order chi connectivity index (χ1) is 14.0. The van der Waals surface area contributed by atoms with Gasteiger partial charge in [0.15, 0.2) is 5.96 Å². The van der Waals surface area contributed by atoms with Crippen molar-refractivity contribution < 1.29 is 4.74 Å². The summed E-state index contributed by atoms with van der Waals surface area (Å²) < 4.78 is 7.35. The van der Waals surface area contributed by atoms with Crippen molar-refractivity contribution in [1.82, 2.24) is 20.4 Å². The van der Waals surface area contributed by atoms with Crippen molar-refractivity contribution in [3.63, 3.8) is 0 Å². The Morgan fingerprint density at radius 1 is 1.03 bits per heavy atom. The molecule has 0 aliphatic rings. The van der Waals surface area contributed by atoms with Crippen molar-refractivity contribution in [3.8, 4) is 11.4 Å². The lowest BCUT2D eigenvalue weighted by Crippen LogP contribution is -2.36. The Morgan fingerprint density at radius 2 is 1.77 bits per heavy atom. The number of para-hydroxylation sites is 1. The lowest BCUT2D eigenvalue weighted by atomic mass is 10.1. The molecule has 0 saturated heterocycles. The number of hydrogen-bond donors (Lipinski definition) is 2. The fraction of sp³-hybridized carbons (Fsp3) is 0.304. The summed E-state index contributed by atoms with van der Waals surface area (Å²) >= 11 is 0. The average molecular weight is 519 g/mol. The number of benzene rings is 2. The van der Waals surface area contributed by atoms with Crippen LogP contribution >= 0.6 is 24.0 Å². The standard InChI is InChI=1S/C23H29N5O.HI/c1-16-10-19(13-21(11-16)29-5)14-25-23(24-4)26-15-20-8-6-7-9-22(20)28-18(3)12-17(2)27-28;/h6-13H,14-15H2,1-5H3,(H2,24,25,26);1H. The van der Waals surface area contributed by atoms with Crippen LogP contribution in [0.1, 0.15) is 28.1 Å². The van der Waals surface area contributed by atoms with Crippen LogP contribution < -0.4 is 15.4 Å². The van der Waals surface area contributed by atoms with Gasteiger partial charge >= 0.3 is 0 Å². The van der Waals surface area contributed by atoms with Gasteiger partial charge in [0.2, 0.25) is 0 Å². The van der Waals surface area contributed by atoms with Crippen LogP contribution in [-0.4, -0.2) is 29.9 Å². The number of aliphatic imine (C=N–C) groups is 1. The van der Waals surface area contributed by atoms with E-state index in [2.05, 4.69) is 58.8 Å². The Kier molecular flexibility index (Phi) is 8.71. The Hall–Kier alpha value is -2.55. The molecule has 0 amide bonds. The van der Waals surface area contributed by atoms with Gasteiger partial charge in [-0.3, -0.25) is 4.99 Å². The van der Waals surface area contributed by atoms with Crippen molar-refractivity contribution in [2.24, 2.45) is 4.99 Å². The van der Waals surface area contributed by atoms with Gasteiger partial charge in [-0.05, 0) is 61.7 Å². The van der Waals surface area contributed by atoms with Gasteiger partial charge in [0.05, 0.1) is 18.5 Å². The molecule has 0 bridgehead atoms. The quantitative estimate of drug-likeness (QED) is 0.290. The third kappa shape index (κ3) is 5.98. The monoisotopic (exact) mass is 519 g/mol. The molecule has 6 nitrogen and oxygen atoms in total. The first-order valence-electron chi connectivity index (χ1n) is 9.70. The predicted molar refractivity (Wildman–Crippen MR) is 133 cm³/mol. The number of methoxy groups -OCH3 is 1. The number of ether oxygens (including phenoxy) is 1. The van der Waals surface area contributed by atoms with Crippen LogP contribution in [0.2, 0.25) is 0 Å². The summed E-state index contributed by atoms with van der Waals surface area (Å²) in [6.45, 7) is 7.45. The second-order valence-corrected chi connectivity index (χ2v) is 7.11. The first kappa shape index (κ1) is 23.7. The number of rotatable bonds is 6. The summed E-state index contributed by atoms with van der Waals surface area (Å²) in [6, 6.07) is 16.6. The number of aromatic nitrogens is 2. The van der Waals surface area contributed by atoms with Crippen molar-refractivity contribution >= 4 is 29.9 Å². The second-order valence-electron chi connectivity index (χ2n) is 7.11. The van der Waals surface area contributed by atoms with E-state index in [4.69, 9.17) is 4.74 Å². The maximum Gasteiger partial charge on any atom is 0.191 e. The normalized spacial score (nSPS) is 11.0. The highest BCUT2D eigenvalue weighted by Gasteiger charge is 2.09. The number of guanidine groups is 1. The molecular formula is C23H30IN5O. The molecule has 0 unspecified atom stereocenters. The Morgan fingerprint density at radius 3 is 2.43 bits per heavy atom. The van der Waals surface area contributed by atoms with E-state index < -0.39 is 0 Å². The highest BCUT2D eigenvalue weighted by atomic mass is 127. The lowest BCUT2D eigenvalue weighted by Gasteiger charge is -2.15. The van der Waals surface area contributed by atoms with Gasteiger partial charge < -0.3 is 15.4 Å². The van der Waals surface area contributed by atoms with Crippen molar-refractivity contribution in [2.45, 2.75) is 33.9 Å². The van der Waals surface area contributed by atoms with E-state index in [9.17, 15) is 0 Å². The molecule has 3 aromatic rings. The van der Waals surface area contributed by atoms with Gasteiger partial charge in [-0.15, -0.1) is 24.0 Å². The van der Waals surface area contributed by atoms with E-state index in [1.54, 1.807) is 14.2 Å². The maximum absolute atomic E-state index is 5.36. The van der Waals surface area contributed by atoms with Gasteiger partial charge in [-0.25, -0.2) is 4.68 Å². The molecule has 0 atom stereocenters. The van der Waals surface area contributed by atoms with Crippen molar-refractivity contribution in [2.75, 3.05) is 14.2 Å². The lowest BCUT2D eigenvalue weighted by molar-refractivity contribution is 0.414. The number of aryl methyl sites for hydroxylation is 3. The minimum atomic E-state index is 0. The van der Waals surface area contributed by atoms with Crippen LogP contribution in [0.15, 0.2) is 53.5 Å². The van der Waals surface area contributed by atoms with Crippen LogP contribution in [0.25, 0.3) is 5.69 Å². The molecule has 0 radical (unpaired) electrons. The van der Waals surface area contributed by atoms with Crippen LogP contribution in [0.4, 0.5) is 0 Å². The summed E-state index contributed by atoms with van der Waals surface area (Å²) in [5.41, 5.74) is 6.67. The highest BCUT2D eigenvalue weighted by molar-refractivity contribution is 14.0. The maximum atomic E-state index is 5.36. The first-order valence-corrected chi connectivity index (χ1v) is 9.70. The fourth-order valence-electron chi connectivity index (χ4n) is 3.37. The third-order valence-electron chi connectivity index (χ3n) is 4.71. The molecule has 30 heavy (non-hydrogen) atoms. The highest BCUT2D eigenvalue weighted by Crippen LogP contribution is 2.17. The van der Waals surface area contributed by atoms with Crippen LogP contribution in [0, 0.1) is 20.8 Å². The van der Waals surface area contributed by atoms with Crippen molar-refractivity contribution in [3.05, 3.63) is 76.6 Å². The molecule has 3 rings (SSSR count). The SMILES string of the molecule is CN=C(NCc1cc(C)cc(OC)c1)NCc1ccccc1-n1nc(C)cc1C.I. The van der Waals surface area contributed by atoms with E-state index in [0.29, 0.717) is 13.1 Å². The number of nitrogens with zero attached hydrogens (tertiary/aromatic N) is 3. The Balaban J connectivity index is 0.00000320. The number of nitrogens with one attached hydrogen (secondary N) is 2. The van der Waals surface area contributed by atoms with E-state index in [0.717, 1.165) is 39.9 Å². The predicted octanol–water partition coefficient (Wildman–Crippen LogP) is 4.29. The average Bonchev–Trinajstić information content (AvgIpc) is 3.05. The summed E-state index contributed by atoms with van der Waals surface area (Å²) in [5.74, 6) is 1.61.